The minimum Gasteiger partial charge on any atom is -0.462 e. The van der Waals surface area contributed by atoms with Crippen molar-refractivity contribution < 1.29 is 35.9 Å². The maximum Gasteiger partial charge on any atom is 0.416 e. The van der Waals surface area contributed by atoms with Crippen molar-refractivity contribution in [1.29, 1.82) is 0 Å². The molecule has 0 spiro atoms. The Morgan fingerprint density at radius 3 is 2.24 bits per heavy atom. The molecular formula is C17H11F6N3O2S. The maximum absolute atomic E-state index is 13.1. The third-order valence-corrected chi connectivity index (χ3v) is 4.60. The molecular weight excluding hydrogens is 424 g/mol. The van der Waals surface area contributed by atoms with E-state index in [1.54, 1.807) is 6.92 Å². The number of benzene rings is 1. The minimum atomic E-state index is -4.99. The summed E-state index contributed by atoms with van der Waals surface area (Å²) in [5, 5.41) is 4.01. The molecule has 0 aliphatic carbocycles. The summed E-state index contributed by atoms with van der Waals surface area (Å²) in [6.45, 7) is 1.67. The quantitative estimate of drug-likeness (QED) is 0.424. The summed E-state index contributed by atoms with van der Waals surface area (Å²) in [4.78, 5) is 20.2. The number of aromatic nitrogens is 2. The number of esters is 1. The van der Waals surface area contributed by atoms with E-state index in [2.05, 4.69) is 15.3 Å². The number of carbonyl (C=O) groups excluding carboxylic acids is 1. The Hall–Kier alpha value is -2.89. The van der Waals surface area contributed by atoms with Crippen LogP contribution in [0, 0.1) is 0 Å². The summed E-state index contributed by atoms with van der Waals surface area (Å²) in [7, 11) is 0. The fraction of sp³-hybridized carbons (Fsp3) is 0.235. The highest BCUT2D eigenvalue weighted by Crippen LogP contribution is 2.39. The highest BCUT2D eigenvalue weighted by Gasteiger charge is 2.37. The van der Waals surface area contributed by atoms with E-state index in [4.69, 9.17) is 4.74 Å². The molecule has 0 radical (unpaired) electrons. The Kier molecular flexibility index (Phi) is 5.39. The molecule has 1 N–H and O–H groups in total. The predicted octanol–water partition coefficient (Wildman–Crippen LogP) is 5.65. The van der Waals surface area contributed by atoms with E-state index >= 15 is 0 Å². The number of nitrogens with one attached hydrogen (secondary N) is 1. The van der Waals surface area contributed by atoms with Crippen LogP contribution in [0.2, 0.25) is 0 Å². The largest absolute Gasteiger partial charge is 0.462 e. The van der Waals surface area contributed by atoms with Crippen molar-refractivity contribution in [2.24, 2.45) is 0 Å². The lowest BCUT2D eigenvalue weighted by atomic mass is 10.1. The molecule has 154 valence electrons. The Balaban J connectivity index is 2.11. The van der Waals surface area contributed by atoms with E-state index in [0.29, 0.717) is 17.0 Å². The second-order valence-corrected chi connectivity index (χ2v) is 6.55. The number of fused-ring (bicyclic) bond motifs is 1. The predicted molar refractivity (Wildman–Crippen MR) is 93.1 cm³/mol. The van der Waals surface area contributed by atoms with Crippen LogP contribution in [0.4, 0.5) is 37.8 Å². The van der Waals surface area contributed by atoms with E-state index < -0.39 is 35.1 Å². The van der Waals surface area contributed by atoms with E-state index in [0.717, 1.165) is 17.7 Å². The SMILES string of the molecule is CCOC(=O)c1csc2ncnc(Nc3cc(C(F)(F)F)cc(C(F)(F)F)c3)c12. The molecule has 2 aromatic heterocycles. The fourth-order valence-corrected chi connectivity index (χ4v) is 3.37. The smallest absolute Gasteiger partial charge is 0.416 e. The van der Waals surface area contributed by atoms with Gasteiger partial charge in [0.1, 0.15) is 17.0 Å². The van der Waals surface area contributed by atoms with Gasteiger partial charge in [0.05, 0.1) is 28.7 Å². The van der Waals surface area contributed by atoms with Crippen LogP contribution in [0.5, 0.6) is 0 Å². The molecule has 0 amide bonds. The van der Waals surface area contributed by atoms with E-state index in [9.17, 15) is 31.1 Å². The molecule has 0 saturated carbocycles. The molecule has 0 aliphatic heterocycles. The van der Waals surface area contributed by atoms with Crippen LogP contribution in [0.1, 0.15) is 28.4 Å². The zero-order valence-electron chi connectivity index (χ0n) is 14.5. The summed E-state index contributed by atoms with van der Waals surface area (Å²) >= 11 is 1.06. The Morgan fingerprint density at radius 1 is 1.07 bits per heavy atom. The summed E-state index contributed by atoms with van der Waals surface area (Å²) in [6, 6.07) is 1.08. The van der Waals surface area contributed by atoms with Gasteiger partial charge in [-0.15, -0.1) is 11.3 Å². The van der Waals surface area contributed by atoms with Gasteiger partial charge in [-0.1, -0.05) is 0 Å². The van der Waals surface area contributed by atoms with Gasteiger partial charge in [-0.05, 0) is 25.1 Å². The molecule has 0 fully saturated rings. The van der Waals surface area contributed by atoms with Crippen molar-refractivity contribution in [3.05, 3.63) is 46.6 Å². The minimum absolute atomic E-state index is 0.0232. The van der Waals surface area contributed by atoms with Crippen LogP contribution in [0.25, 0.3) is 10.2 Å². The number of ether oxygens (including phenoxy) is 1. The van der Waals surface area contributed by atoms with Crippen LogP contribution in [-0.4, -0.2) is 22.5 Å². The zero-order chi connectivity index (χ0) is 21.4. The monoisotopic (exact) mass is 435 g/mol. The number of thiophene rings is 1. The van der Waals surface area contributed by atoms with Crippen molar-refractivity contribution in [2.45, 2.75) is 19.3 Å². The summed E-state index contributed by atoms with van der Waals surface area (Å²) in [5.74, 6) is -0.830. The summed E-state index contributed by atoms with van der Waals surface area (Å²) < 4.78 is 83.2. The number of hydrogen-bond donors (Lipinski definition) is 1. The number of carbonyl (C=O) groups is 1. The van der Waals surface area contributed by atoms with Gasteiger partial charge >= 0.3 is 18.3 Å². The van der Waals surface area contributed by atoms with Gasteiger partial charge in [0.2, 0.25) is 0 Å². The first-order valence-corrected chi connectivity index (χ1v) is 8.84. The first kappa shape index (κ1) is 20.8. The number of nitrogens with zero attached hydrogens (tertiary/aromatic N) is 2. The highest BCUT2D eigenvalue weighted by atomic mass is 32.1. The average molecular weight is 435 g/mol. The standard InChI is InChI=1S/C17H11F6N3O2S/c1-2-28-15(27)11-6-29-14-12(11)13(24-7-25-14)26-10-4-8(16(18,19)20)3-9(5-10)17(21,22)23/h3-7H,2H2,1H3,(H,24,25,26). The topological polar surface area (TPSA) is 64.1 Å². The average Bonchev–Trinajstić information content (AvgIpc) is 3.05. The molecule has 0 bridgehead atoms. The molecule has 3 rings (SSSR count). The van der Waals surface area contributed by atoms with Crippen molar-refractivity contribution in [2.75, 3.05) is 11.9 Å². The van der Waals surface area contributed by atoms with Crippen molar-refractivity contribution in [3.63, 3.8) is 0 Å². The second-order valence-electron chi connectivity index (χ2n) is 5.69. The zero-order valence-corrected chi connectivity index (χ0v) is 15.3. The number of anilines is 2. The van der Waals surface area contributed by atoms with E-state index in [-0.39, 0.29) is 29.4 Å². The lowest BCUT2D eigenvalue weighted by Crippen LogP contribution is -2.12. The molecule has 0 aliphatic rings. The first-order valence-electron chi connectivity index (χ1n) is 7.96. The fourth-order valence-electron chi connectivity index (χ4n) is 2.49. The van der Waals surface area contributed by atoms with Gasteiger partial charge in [-0.2, -0.15) is 26.3 Å². The lowest BCUT2D eigenvalue weighted by molar-refractivity contribution is -0.143. The van der Waals surface area contributed by atoms with E-state index in [1.165, 1.54) is 5.38 Å². The van der Waals surface area contributed by atoms with Crippen LogP contribution in [-0.2, 0) is 17.1 Å². The van der Waals surface area contributed by atoms with Gasteiger partial charge in [0.25, 0.3) is 0 Å². The normalized spacial score (nSPS) is 12.2. The van der Waals surface area contributed by atoms with E-state index in [1.807, 2.05) is 0 Å². The number of halogens is 6. The lowest BCUT2D eigenvalue weighted by Gasteiger charge is -2.15. The maximum atomic E-state index is 13.1. The molecule has 0 saturated heterocycles. The Bertz CT molecular complexity index is 1030. The van der Waals surface area contributed by atoms with Crippen molar-refractivity contribution in [1.82, 2.24) is 9.97 Å². The van der Waals surface area contributed by atoms with Crippen molar-refractivity contribution >= 4 is 39.0 Å². The van der Waals surface area contributed by atoms with Gasteiger partial charge < -0.3 is 10.1 Å². The van der Waals surface area contributed by atoms with Crippen LogP contribution < -0.4 is 5.32 Å². The van der Waals surface area contributed by atoms with Gasteiger partial charge in [-0.3, -0.25) is 0 Å². The second kappa shape index (κ2) is 7.50. The molecule has 0 unspecified atom stereocenters. The molecule has 1 aromatic carbocycles. The van der Waals surface area contributed by atoms with Gasteiger partial charge in [0.15, 0.2) is 0 Å². The number of rotatable bonds is 4. The third kappa shape index (κ3) is 4.42. The molecule has 12 heteroatoms. The Morgan fingerprint density at radius 2 is 1.69 bits per heavy atom. The summed E-state index contributed by atoms with van der Waals surface area (Å²) in [5.41, 5.74) is -3.39. The summed E-state index contributed by atoms with van der Waals surface area (Å²) in [6.07, 6.45) is -8.90. The molecule has 0 atom stereocenters. The van der Waals surface area contributed by atoms with Crippen molar-refractivity contribution in [3.8, 4) is 0 Å². The van der Waals surface area contributed by atoms with Crippen LogP contribution >= 0.6 is 11.3 Å². The van der Waals surface area contributed by atoms with Crippen LogP contribution in [0.15, 0.2) is 29.9 Å². The molecule has 5 nitrogen and oxygen atoms in total. The molecule has 2 heterocycles. The first-order chi connectivity index (χ1) is 13.5. The number of alkyl halides is 6. The third-order valence-electron chi connectivity index (χ3n) is 3.72. The number of hydrogen-bond acceptors (Lipinski definition) is 6. The van der Waals surface area contributed by atoms with Crippen LogP contribution in [0.3, 0.4) is 0 Å². The highest BCUT2D eigenvalue weighted by molar-refractivity contribution is 7.17. The molecule has 29 heavy (non-hydrogen) atoms. The van der Waals surface area contributed by atoms with Gasteiger partial charge in [0, 0.05) is 11.1 Å². The molecule has 3 aromatic rings. The van der Waals surface area contributed by atoms with Gasteiger partial charge in [-0.25, -0.2) is 14.8 Å². The Labute approximate surface area is 163 Å².